The Bertz CT molecular complexity index is 85.6. The molecule has 0 fully saturated rings. The molecule has 11 heavy (non-hydrogen) atoms. The molecule has 2 heteroatoms. The molecule has 1 nitrogen and oxygen atoms in total. The Morgan fingerprint density at radius 1 is 1.36 bits per heavy atom. The summed E-state index contributed by atoms with van der Waals surface area (Å²) in [5, 5.41) is 9.55. The van der Waals surface area contributed by atoms with Crippen molar-refractivity contribution in [2.24, 2.45) is 5.92 Å². The van der Waals surface area contributed by atoms with Crippen LogP contribution in [0.5, 0.6) is 0 Å². The molecule has 0 bridgehead atoms. The van der Waals surface area contributed by atoms with Crippen LogP contribution >= 0.6 is 12.6 Å². The Morgan fingerprint density at radius 3 is 2.45 bits per heavy atom. The zero-order valence-electron chi connectivity index (χ0n) is 7.58. The van der Waals surface area contributed by atoms with Crippen molar-refractivity contribution in [1.29, 1.82) is 0 Å². The van der Waals surface area contributed by atoms with Crippen molar-refractivity contribution >= 4 is 12.6 Å². The van der Waals surface area contributed by atoms with Gasteiger partial charge in [0, 0.05) is 0 Å². The van der Waals surface area contributed by atoms with Crippen LogP contribution in [0.1, 0.15) is 39.5 Å². The second-order valence-electron chi connectivity index (χ2n) is 3.20. The molecule has 0 aromatic rings. The van der Waals surface area contributed by atoms with Gasteiger partial charge in [-0.3, -0.25) is 0 Å². The molecule has 0 saturated carbocycles. The number of hydrogen-bond acceptors (Lipinski definition) is 2. The van der Waals surface area contributed by atoms with Crippen molar-refractivity contribution in [3.8, 4) is 0 Å². The minimum atomic E-state index is -0.109. The van der Waals surface area contributed by atoms with Crippen LogP contribution in [0.15, 0.2) is 0 Å². The van der Waals surface area contributed by atoms with E-state index in [0.29, 0.717) is 5.92 Å². The molecule has 0 amide bonds. The highest BCUT2D eigenvalue weighted by Gasteiger charge is 2.11. The van der Waals surface area contributed by atoms with E-state index >= 15 is 0 Å². The Kier molecular flexibility index (Phi) is 7.18. The van der Waals surface area contributed by atoms with E-state index in [2.05, 4.69) is 26.5 Å². The second kappa shape index (κ2) is 6.99. The summed E-state index contributed by atoms with van der Waals surface area (Å²) in [4.78, 5) is 0. The van der Waals surface area contributed by atoms with E-state index < -0.39 is 0 Å². The molecule has 0 aliphatic rings. The van der Waals surface area contributed by atoms with Gasteiger partial charge in [0.1, 0.15) is 0 Å². The number of unbranched alkanes of at least 4 members (excludes halogenated alkanes) is 1. The quantitative estimate of drug-likeness (QED) is 0.596. The Balaban J connectivity index is 3.38. The van der Waals surface area contributed by atoms with Crippen LogP contribution in [0, 0.1) is 5.92 Å². The van der Waals surface area contributed by atoms with Gasteiger partial charge in [-0.15, -0.1) is 0 Å². The number of hydrogen-bond donors (Lipinski definition) is 2. The summed E-state index contributed by atoms with van der Waals surface area (Å²) in [6, 6.07) is 0. The molecule has 2 atom stereocenters. The fraction of sp³-hybridized carbons (Fsp3) is 1.00. The van der Waals surface area contributed by atoms with Crippen LogP contribution in [-0.2, 0) is 0 Å². The number of aliphatic hydroxyl groups excluding tert-OH is 1. The van der Waals surface area contributed by atoms with Crippen LogP contribution in [0.25, 0.3) is 0 Å². The molecule has 0 aromatic carbocycles. The lowest BCUT2D eigenvalue weighted by atomic mass is 9.97. The number of thiol groups is 1. The Hall–Kier alpha value is 0.310. The van der Waals surface area contributed by atoms with Crippen LogP contribution in [-0.4, -0.2) is 17.0 Å². The molecule has 0 rings (SSSR count). The first-order valence-electron chi connectivity index (χ1n) is 4.51. The molecule has 0 aliphatic carbocycles. The fourth-order valence-corrected chi connectivity index (χ4v) is 1.50. The number of rotatable bonds is 6. The van der Waals surface area contributed by atoms with Gasteiger partial charge in [0.25, 0.3) is 0 Å². The van der Waals surface area contributed by atoms with E-state index in [0.717, 1.165) is 25.0 Å². The summed E-state index contributed by atoms with van der Waals surface area (Å²) in [6.45, 7) is 4.24. The van der Waals surface area contributed by atoms with E-state index in [-0.39, 0.29) is 6.10 Å². The van der Waals surface area contributed by atoms with Gasteiger partial charge in [-0.2, -0.15) is 12.6 Å². The summed E-state index contributed by atoms with van der Waals surface area (Å²) < 4.78 is 0. The maximum Gasteiger partial charge on any atom is 0.0566 e. The van der Waals surface area contributed by atoms with Gasteiger partial charge >= 0.3 is 0 Å². The van der Waals surface area contributed by atoms with Gasteiger partial charge in [-0.25, -0.2) is 0 Å². The minimum absolute atomic E-state index is 0.109. The van der Waals surface area contributed by atoms with Crippen LogP contribution < -0.4 is 0 Å². The molecular formula is C9H20OS. The zero-order chi connectivity index (χ0) is 8.69. The van der Waals surface area contributed by atoms with Gasteiger partial charge < -0.3 is 5.11 Å². The molecule has 0 aromatic heterocycles. The first-order chi connectivity index (χ1) is 5.22. The monoisotopic (exact) mass is 176 g/mol. The summed E-state index contributed by atoms with van der Waals surface area (Å²) in [5.74, 6) is 1.30. The van der Waals surface area contributed by atoms with Gasteiger partial charge in [0.05, 0.1) is 6.10 Å². The van der Waals surface area contributed by atoms with Gasteiger partial charge in [0.2, 0.25) is 0 Å². The van der Waals surface area contributed by atoms with E-state index in [4.69, 9.17) is 0 Å². The van der Waals surface area contributed by atoms with Crippen molar-refractivity contribution < 1.29 is 5.11 Å². The molecular weight excluding hydrogens is 156 g/mol. The zero-order valence-corrected chi connectivity index (χ0v) is 8.48. The summed E-state index contributed by atoms with van der Waals surface area (Å²) >= 11 is 4.13. The summed E-state index contributed by atoms with van der Waals surface area (Å²) in [6.07, 6.45) is 4.17. The Morgan fingerprint density at radius 2 is 2.00 bits per heavy atom. The van der Waals surface area contributed by atoms with Gasteiger partial charge in [-0.05, 0) is 24.5 Å². The third kappa shape index (κ3) is 5.57. The van der Waals surface area contributed by atoms with Crippen LogP contribution in [0.2, 0.25) is 0 Å². The first kappa shape index (κ1) is 11.3. The van der Waals surface area contributed by atoms with Gasteiger partial charge in [-0.1, -0.05) is 26.7 Å². The second-order valence-corrected chi connectivity index (χ2v) is 3.65. The Labute approximate surface area is 75.6 Å². The lowest BCUT2D eigenvalue weighted by Crippen LogP contribution is -2.17. The van der Waals surface area contributed by atoms with E-state index in [1.165, 1.54) is 6.42 Å². The molecule has 0 saturated heterocycles. The fourth-order valence-electron chi connectivity index (χ4n) is 1.09. The van der Waals surface area contributed by atoms with E-state index in [9.17, 15) is 5.11 Å². The van der Waals surface area contributed by atoms with E-state index in [1.807, 2.05) is 0 Å². The third-order valence-electron chi connectivity index (χ3n) is 2.09. The molecule has 0 spiro atoms. The highest BCUT2D eigenvalue weighted by molar-refractivity contribution is 7.80. The minimum Gasteiger partial charge on any atom is -0.393 e. The van der Waals surface area contributed by atoms with Gasteiger partial charge in [0.15, 0.2) is 0 Å². The lowest BCUT2D eigenvalue weighted by Gasteiger charge is -2.17. The van der Waals surface area contributed by atoms with Crippen molar-refractivity contribution in [2.45, 2.75) is 45.6 Å². The SMILES string of the molecule is CCCC[C@H](O)[C@@H](C)CCS. The standard InChI is InChI=1S/C9H20OS/c1-3-4-5-9(10)8(2)6-7-11/h8-11H,3-7H2,1-2H3/t8-,9-/m0/s1. The average molecular weight is 176 g/mol. The molecule has 0 unspecified atom stereocenters. The molecule has 0 radical (unpaired) electrons. The molecule has 68 valence electrons. The van der Waals surface area contributed by atoms with Crippen LogP contribution in [0.4, 0.5) is 0 Å². The van der Waals surface area contributed by atoms with Crippen molar-refractivity contribution in [3.63, 3.8) is 0 Å². The van der Waals surface area contributed by atoms with E-state index in [1.54, 1.807) is 0 Å². The van der Waals surface area contributed by atoms with Crippen LogP contribution in [0.3, 0.4) is 0 Å². The van der Waals surface area contributed by atoms with Crippen molar-refractivity contribution in [3.05, 3.63) is 0 Å². The summed E-state index contributed by atoms with van der Waals surface area (Å²) in [5.41, 5.74) is 0. The largest absolute Gasteiger partial charge is 0.393 e. The normalized spacial score (nSPS) is 16.4. The highest BCUT2D eigenvalue weighted by Crippen LogP contribution is 2.14. The summed E-state index contributed by atoms with van der Waals surface area (Å²) in [7, 11) is 0. The first-order valence-corrected chi connectivity index (χ1v) is 5.14. The lowest BCUT2D eigenvalue weighted by molar-refractivity contribution is 0.104. The molecule has 0 aliphatic heterocycles. The number of aliphatic hydroxyl groups is 1. The maximum absolute atomic E-state index is 9.55. The predicted molar refractivity (Wildman–Crippen MR) is 53.2 cm³/mol. The topological polar surface area (TPSA) is 20.2 Å². The van der Waals surface area contributed by atoms with Crippen molar-refractivity contribution in [2.75, 3.05) is 5.75 Å². The van der Waals surface area contributed by atoms with Crippen molar-refractivity contribution in [1.82, 2.24) is 0 Å². The smallest absolute Gasteiger partial charge is 0.0566 e. The predicted octanol–water partition coefficient (Wildman–Crippen LogP) is 2.49. The third-order valence-corrected chi connectivity index (χ3v) is 2.35. The highest BCUT2D eigenvalue weighted by atomic mass is 32.1. The molecule has 1 N–H and O–H groups in total. The maximum atomic E-state index is 9.55. The molecule has 0 heterocycles. The average Bonchev–Trinajstić information content (AvgIpc) is 2.00.